The monoisotopic (exact) mass is 377 g/mol. The Morgan fingerprint density at radius 3 is 2.52 bits per heavy atom. The Morgan fingerprint density at radius 1 is 1.19 bits per heavy atom. The van der Waals surface area contributed by atoms with E-state index in [-0.39, 0.29) is 30.8 Å². The lowest BCUT2D eigenvalue weighted by molar-refractivity contribution is -0.862. The normalized spacial score (nSPS) is 14.7. The molecule has 1 aromatic rings. The quantitative estimate of drug-likeness (QED) is 0.469. The van der Waals surface area contributed by atoms with Gasteiger partial charge in [-0.1, -0.05) is 0 Å². The van der Waals surface area contributed by atoms with E-state index in [1.165, 1.54) is 0 Å². The molecule has 1 fully saturated rings. The molecule has 1 atom stereocenters. The van der Waals surface area contributed by atoms with Crippen LogP contribution in [-0.2, 0) is 14.4 Å². The van der Waals surface area contributed by atoms with E-state index in [4.69, 9.17) is 4.74 Å². The predicted octanol–water partition coefficient (Wildman–Crippen LogP) is -0.723. The molecule has 0 spiro atoms. The molecule has 148 valence electrons. The number of quaternary nitrogens is 1. The third kappa shape index (κ3) is 7.26. The third-order valence-corrected chi connectivity index (χ3v) is 4.40. The van der Waals surface area contributed by atoms with Crippen LogP contribution in [0.25, 0.3) is 0 Å². The summed E-state index contributed by atoms with van der Waals surface area (Å²) in [5, 5.41) is 5.65. The SMILES string of the molecule is COc1ccc(NC(=O)C[NH+](C)CC(=O)NCCCN2CCCC2=O)cc1. The number of nitrogens with one attached hydrogen (secondary N) is 3. The lowest BCUT2D eigenvalue weighted by atomic mass is 10.3. The van der Waals surface area contributed by atoms with Crippen LogP contribution in [0.5, 0.6) is 5.75 Å². The van der Waals surface area contributed by atoms with Gasteiger partial charge in [-0.05, 0) is 37.1 Å². The smallest absolute Gasteiger partial charge is 0.279 e. The van der Waals surface area contributed by atoms with Crippen LogP contribution < -0.4 is 20.3 Å². The summed E-state index contributed by atoms with van der Waals surface area (Å²) in [6, 6.07) is 7.08. The van der Waals surface area contributed by atoms with Gasteiger partial charge in [-0.25, -0.2) is 0 Å². The van der Waals surface area contributed by atoms with E-state index in [0.717, 1.165) is 30.0 Å². The summed E-state index contributed by atoms with van der Waals surface area (Å²) in [4.78, 5) is 38.2. The number of methoxy groups -OCH3 is 1. The zero-order valence-corrected chi connectivity index (χ0v) is 16.0. The van der Waals surface area contributed by atoms with E-state index in [9.17, 15) is 14.4 Å². The first-order chi connectivity index (χ1) is 13.0. The summed E-state index contributed by atoms with van der Waals surface area (Å²) < 4.78 is 5.08. The van der Waals surface area contributed by atoms with Gasteiger partial charge in [0.1, 0.15) is 5.75 Å². The van der Waals surface area contributed by atoms with Gasteiger partial charge in [-0.15, -0.1) is 0 Å². The summed E-state index contributed by atoms with van der Waals surface area (Å²) in [7, 11) is 3.39. The van der Waals surface area contributed by atoms with Crippen LogP contribution in [0, 0.1) is 0 Å². The fraction of sp³-hybridized carbons (Fsp3) is 0.526. The topological polar surface area (TPSA) is 92.2 Å². The average Bonchev–Trinajstić information content (AvgIpc) is 3.04. The van der Waals surface area contributed by atoms with Crippen molar-refractivity contribution in [2.45, 2.75) is 19.3 Å². The van der Waals surface area contributed by atoms with Crippen molar-refractivity contribution >= 4 is 23.4 Å². The second kappa shape index (κ2) is 10.5. The minimum Gasteiger partial charge on any atom is -0.497 e. The van der Waals surface area contributed by atoms with Crippen LogP contribution in [0.4, 0.5) is 5.69 Å². The molecular formula is C19H29N4O4+. The Labute approximate surface area is 159 Å². The molecule has 2 rings (SSSR count). The number of ether oxygens (including phenoxy) is 1. The molecule has 1 heterocycles. The van der Waals surface area contributed by atoms with E-state index < -0.39 is 0 Å². The summed E-state index contributed by atoms with van der Waals surface area (Å²) in [6.07, 6.45) is 2.31. The number of amides is 3. The molecule has 0 saturated carbocycles. The fourth-order valence-electron chi connectivity index (χ4n) is 2.99. The first-order valence-electron chi connectivity index (χ1n) is 9.27. The number of carbonyl (C=O) groups is 3. The number of benzene rings is 1. The highest BCUT2D eigenvalue weighted by Gasteiger charge is 2.19. The maximum Gasteiger partial charge on any atom is 0.279 e. The van der Waals surface area contributed by atoms with Crippen molar-refractivity contribution in [2.24, 2.45) is 0 Å². The van der Waals surface area contributed by atoms with Crippen LogP contribution in [0.15, 0.2) is 24.3 Å². The summed E-state index contributed by atoms with van der Waals surface area (Å²) in [5.74, 6) is 0.672. The van der Waals surface area contributed by atoms with Crippen molar-refractivity contribution in [3.8, 4) is 5.75 Å². The number of likely N-dealkylation sites (tertiary alicyclic amines) is 1. The van der Waals surface area contributed by atoms with E-state index in [0.29, 0.717) is 25.2 Å². The van der Waals surface area contributed by atoms with E-state index in [2.05, 4.69) is 10.6 Å². The van der Waals surface area contributed by atoms with Crippen molar-refractivity contribution in [3.63, 3.8) is 0 Å². The highest BCUT2D eigenvalue weighted by atomic mass is 16.5. The van der Waals surface area contributed by atoms with Crippen LogP contribution in [-0.4, -0.2) is 69.5 Å². The molecule has 8 nitrogen and oxygen atoms in total. The summed E-state index contributed by atoms with van der Waals surface area (Å²) >= 11 is 0. The standard InChI is InChI=1S/C19H28N4O4/c1-22(14-18(25)21-15-6-8-16(27-2)9-7-15)13-17(24)20-10-4-12-23-11-3-5-19(23)26/h6-9H,3-5,10-14H2,1-2H3,(H,20,24)(H,21,25)/p+1. The molecule has 0 bridgehead atoms. The minimum atomic E-state index is -0.155. The summed E-state index contributed by atoms with van der Waals surface area (Å²) in [5.41, 5.74) is 0.689. The first-order valence-corrected chi connectivity index (χ1v) is 9.27. The van der Waals surface area contributed by atoms with Gasteiger partial charge in [-0.2, -0.15) is 0 Å². The van der Waals surface area contributed by atoms with Crippen molar-refractivity contribution in [2.75, 3.05) is 52.2 Å². The number of rotatable bonds is 10. The Balaban J connectivity index is 1.60. The molecule has 0 aliphatic carbocycles. The molecule has 1 aromatic carbocycles. The van der Waals surface area contributed by atoms with Crippen molar-refractivity contribution in [1.82, 2.24) is 10.2 Å². The molecule has 0 aromatic heterocycles. The van der Waals surface area contributed by atoms with Crippen molar-refractivity contribution in [3.05, 3.63) is 24.3 Å². The van der Waals surface area contributed by atoms with Gasteiger partial charge in [0.2, 0.25) is 5.91 Å². The zero-order chi connectivity index (χ0) is 19.6. The van der Waals surface area contributed by atoms with Gasteiger partial charge in [0.15, 0.2) is 13.1 Å². The Bertz CT molecular complexity index is 648. The Kier molecular flexibility index (Phi) is 8.06. The van der Waals surface area contributed by atoms with Crippen molar-refractivity contribution in [1.29, 1.82) is 0 Å². The highest BCUT2D eigenvalue weighted by Crippen LogP contribution is 2.14. The first kappa shape index (κ1) is 20.7. The number of hydrogen-bond donors (Lipinski definition) is 3. The zero-order valence-electron chi connectivity index (χ0n) is 16.0. The Morgan fingerprint density at radius 2 is 1.89 bits per heavy atom. The second-order valence-electron chi connectivity index (χ2n) is 6.78. The highest BCUT2D eigenvalue weighted by molar-refractivity contribution is 5.91. The number of anilines is 1. The summed E-state index contributed by atoms with van der Waals surface area (Å²) in [6.45, 7) is 2.46. The predicted molar refractivity (Wildman–Crippen MR) is 102 cm³/mol. The maximum absolute atomic E-state index is 12.1. The molecule has 27 heavy (non-hydrogen) atoms. The molecule has 1 saturated heterocycles. The van der Waals surface area contributed by atoms with Gasteiger partial charge in [0.25, 0.3) is 11.8 Å². The number of carbonyl (C=O) groups excluding carboxylic acids is 3. The molecule has 3 amide bonds. The lowest BCUT2D eigenvalue weighted by Gasteiger charge is -2.16. The third-order valence-electron chi connectivity index (χ3n) is 4.40. The number of hydrogen-bond acceptors (Lipinski definition) is 4. The number of likely N-dealkylation sites (N-methyl/N-ethyl adjacent to an activating group) is 1. The molecular weight excluding hydrogens is 348 g/mol. The van der Waals surface area contributed by atoms with Gasteiger partial charge in [0.05, 0.1) is 14.2 Å². The molecule has 1 aliphatic rings. The number of nitrogens with zero attached hydrogens (tertiary/aromatic N) is 1. The van der Waals surface area contributed by atoms with Crippen molar-refractivity contribution < 1.29 is 24.0 Å². The lowest BCUT2D eigenvalue weighted by Crippen LogP contribution is -3.11. The maximum atomic E-state index is 12.1. The van der Waals surface area contributed by atoms with Crippen LogP contribution in [0.1, 0.15) is 19.3 Å². The van der Waals surface area contributed by atoms with Crippen LogP contribution in [0.3, 0.4) is 0 Å². The van der Waals surface area contributed by atoms with E-state index in [1.54, 1.807) is 38.4 Å². The minimum absolute atomic E-state index is 0.0995. The van der Waals surface area contributed by atoms with Gasteiger partial charge in [0, 0.05) is 31.7 Å². The molecule has 8 heteroatoms. The molecule has 0 radical (unpaired) electrons. The Hall–Kier alpha value is -2.61. The van der Waals surface area contributed by atoms with Gasteiger partial charge in [-0.3, -0.25) is 14.4 Å². The molecule has 1 unspecified atom stereocenters. The largest absolute Gasteiger partial charge is 0.497 e. The van der Waals surface area contributed by atoms with Gasteiger partial charge >= 0.3 is 0 Å². The molecule has 3 N–H and O–H groups in total. The fourth-order valence-corrected chi connectivity index (χ4v) is 2.99. The van der Waals surface area contributed by atoms with Crippen LogP contribution >= 0.6 is 0 Å². The molecule has 1 aliphatic heterocycles. The van der Waals surface area contributed by atoms with E-state index >= 15 is 0 Å². The average molecular weight is 377 g/mol. The van der Waals surface area contributed by atoms with E-state index in [1.807, 2.05) is 4.90 Å². The van der Waals surface area contributed by atoms with Crippen LogP contribution in [0.2, 0.25) is 0 Å². The van der Waals surface area contributed by atoms with Gasteiger partial charge < -0.3 is 25.2 Å². The second-order valence-corrected chi connectivity index (χ2v) is 6.78.